The van der Waals surface area contributed by atoms with Crippen molar-refractivity contribution in [3.05, 3.63) is 0 Å². The van der Waals surface area contributed by atoms with Crippen LogP contribution in [0.25, 0.3) is 0 Å². The standard InChI is InChI=1S/C13H22FN3O2/c1-15(2)12(19)13(14)6-8-17(9-13)10-5-4-7-16(3)11(10)18/h10H,4-9H2,1-3H3. The molecule has 0 aromatic carbocycles. The first-order valence-electron chi connectivity index (χ1n) is 6.75. The Hall–Kier alpha value is -1.17. The van der Waals surface area contributed by atoms with Gasteiger partial charge in [-0.15, -0.1) is 0 Å². The van der Waals surface area contributed by atoms with Crippen LogP contribution in [-0.4, -0.2) is 79.0 Å². The number of hydrogen-bond acceptors (Lipinski definition) is 3. The fourth-order valence-electron chi connectivity index (χ4n) is 2.99. The van der Waals surface area contributed by atoms with Crippen LogP contribution in [0.3, 0.4) is 0 Å². The van der Waals surface area contributed by atoms with Crippen molar-refractivity contribution in [3.63, 3.8) is 0 Å². The van der Waals surface area contributed by atoms with Crippen LogP contribution in [0.1, 0.15) is 19.3 Å². The summed E-state index contributed by atoms with van der Waals surface area (Å²) in [4.78, 5) is 28.8. The van der Waals surface area contributed by atoms with E-state index in [0.717, 1.165) is 19.4 Å². The SMILES string of the molecule is CN(C)C(=O)C1(F)CCN(C2CCCN(C)C2=O)C1. The molecule has 0 bridgehead atoms. The number of halogens is 1. The van der Waals surface area contributed by atoms with E-state index < -0.39 is 11.6 Å². The van der Waals surface area contributed by atoms with E-state index in [2.05, 4.69) is 0 Å². The number of likely N-dealkylation sites (N-methyl/N-ethyl adjacent to an activating group) is 1. The Bertz CT molecular complexity index is 388. The summed E-state index contributed by atoms with van der Waals surface area (Å²) in [6, 6.07) is -0.258. The predicted molar refractivity (Wildman–Crippen MR) is 69.4 cm³/mol. The second kappa shape index (κ2) is 5.07. The molecule has 6 heteroatoms. The van der Waals surface area contributed by atoms with Crippen molar-refractivity contribution in [1.82, 2.24) is 14.7 Å². The van der Waals surface area contributed by atoms with E-state index >= 15 is 0 Å². The number of piperidine rings is 1. The number of likely N-dealkylation sites (tertiary alicyclic amines) is 2. The molecule has 0 radical (unpaired) electrons. The Morgan fingerprint density at radius 1 is 1.42 bits per heavy atom. The highest BCUT2D eigenvalue weighted by Gasteiger charge is 2.49. The van der Waals surface area contributed by atoms with E-state index in [1.807, 2.05) is 4.90 Å². The summed E-state index contributed by atoms with van der Waals surface area (Å²) >= 11 is 0. The number of carbonyl (C=O) groups is 2. The van der Waals surface area contributed by atoms with Crippen LogP contribution >= 0.6 is 0 Å². The van der Waals surface area contributed by atoms with E-state index in [4.69, 9.17) is 0 Å². The number of rotatable bonds is 2. The van der Waals surface area contributed by atoms with Crippen molar-refractivity contribution in [1.29, 1.82) is 0 Å². The van der Waals surface area contributed by atoms with Gasteiger partial charge in [-0.2, -0.15) is 0 Å². The highest BCUT2D eigenvalue weighted by Crippen LogP contribution is 2.31. The topological polar surface area (TPSA) is 43.9 Å². The van der Waals surface area contributed by atoms with Crippen LogP contribution in [0.5, 0.6) is 0 Å². The smallest absolute Gasteiger partial charge is 0.261 e. The third-order valence-electron chi connectivity index (χ3n) is 4.11. The molecule has 0 spiro atoms. The molecule has 19 heavy (non-hydrogen) atoms. The van der Waals surface area contributed by atoms with Crippen LogP contribution < -0.4 is 0 Å². The average molecular weight is 271 g/mol. The molecule has 2 fully saturated rings. The summed E-state index contributed by atoms with van der Waals surface area (Å²) in [7, 11) is 4.90. The summed E-state index contributed by atoms with van der Waals surface area (Å²) in [5.41, 5.74) is -1.83. The van der Waals surface area contributed by atoms with Crippen LogP contribution in [0.15, 0.2) is 0 Å². The molecular weight excluding hydrogens is 249 g/mol. The van der Waals surface area contributed by atoms with Gasteiger partial charge in [0.2, 0.25) is 11.6 Å². The maximum atomic E-state index is 14.6. The normalized spacial score (nSPS) is 32.7. The van der Waals surface area contributed by atoms with E-state index in [1.165, 1.54) is 4.90 Å². The van der Waals surface area contributed by atoms with Crippen LogP contribution in [-0.2, 0) is 9.59 Å². The van der Waals surface area contributed by atoms with Crippen molar-refractivity contribution >= 4 is 11.8 Å². The minimum atomic E-state index is -1.83. The first kappa shape index (κ1) is 14.2. The molecule has 0 N–H and O–H groups in total. The maximum Gasteiger partial charge on any atom is 0.261 e. The summed E-state index contributed by atoms with van der Waals surface area (Å²) in [5, 5.41) is 0. The molecule has 0 aromatic rings. The summed E-state index contributed by atoms with van der Waals surface area (Å²) in [5.74, 6) is -0.445. The van der Waals surface area contributed by atoms with Gasteiger partial charge in [0, 0.05) is 47.2 Å². The lowest BCUT2D eigenvalue weighted by Crippen LogP contribution is -2.52. The largest absolute Gasteiger partial charge is 0.346 e. The zero-order chi connectivity index (χ0) is 14.2. The minimum Gasteiger partial charge on any atom is -0.346 e. The van der Waals surface area contributed by atoms with Gasteiger partial charge in [0.05, 0.1) is 6.04 Å². The molecule has 5 nitrogen and oxygen atoms in total. The number of hydrogen-bond donors (Lipinski definition) is 0. The molecule has 0 aliphatic carbocycles. The molecule has 2 aliphatic heterocycles. The van der Waals surface area contributed by atoms with Crippen molar-refractivity contribution in [3.8, 4) is 0 Å². The molecule has 108 valence electrons. The quantitative estimate of drug-likeness (QED) is 0.716. The summed E-state index contributed by atoms with van der Waals surface area (Å²) in [6.45, 7) is 1.27. The molecule has 0 aromatic heterocycles. The van der Waals surface area contributed by atoms with E-state index in [0.29, 0.717) is 6.54 Å². The molecule has 2 rings (SSSR count). The average Bonchev–Trinajstić information content (AvgIpc) is 2.75. The van der Waals surface area contributed by atoms with Gasteiger partial charge in [-0.25, -0.2) is 4.39 Å². The maximum absolute atomic E-state index is 14.6. The molecule has 2 saturated heterocycles. The Morgan fingerprint density at radius 3 is 2.74 bits per heavy atom. The van der Waals surface area contributed by atoms with Gasteiger partial charge in [-0.1, -0.05) is 0 Å². The first-order chi connectivity index (χ1) is 8.85. The predicted octanol–water partition coefficient (Wildman–Crippen LogP) is 0.109. The van der Waals surface area contributed by atoms with Crippen molar-refractivity contribution in [2.45, 2.75) is 31.0 Å². The highest BCUT2D eigenvalue weighted by atomic mass is 19.1. The van der Waals surface area contributed by atoms with Crippen LogP contribution in [0, 0.1) is 0 Å². The van der Waals surface area contributed by atoms with Gasteiger partial charge < -0.3 is 9.80 Å². The lowest BCUT2D eigenvalue weighted by molar-refractivity contribution is -0.143. The number of carbonyl (C=O) groups excluding carboxylic acids is 2. The molecule has 0 saturated carbocycles. The Kier molecular flexibility index (Phi) is 3.80. The number of amides is 2. The molecule has 2 atom stereocenters. The molecular formula is C13H22FN3O2. The van der Waals surface area contributed by atoms with Crippen molar-refractivity contribution in [2.24, 2.45) is 0 Å². The van der Waals surface area contributed by atoms with Gasteiger partial charge in [-0.05, 0) is 12.8 Å². The van der Waals surface area contributed by atoms with E-state index in [9.17, 15) is 14.0 Å². The fourth-order valence-corrected chi connectivity index (χ4v) is 2.99. The molecule has 2 aliphatic rings. The Morgan fingerprint density at radius 2 is 2.11 bits per heavy atom. The van der Waals surface area contributed by atoms with Crippen LogP contribution in [0.4, 0.5) is 4.39 Å². The Labute approximate surface area is 113 Å². The minimum absolute atomic E-state index is 0.0360. The Balaban J connectivity index is 2.05. The van der Waals surface area contributed by atoms with Gasteiger partial charge in [-0.3, -0.25) is 14.5 Å². The molecule has 2 heterocycles. The van der Waals surface area contributed by atoms with Gasteiger partial charge in [0.15, 0.2) is 0 Å². The lowest BCUT2D eigenvalue weighted by Gasteiger charge is -2.35. The lowest BCUT2D eigenvalue weighted by atomic mass is 10.0. The first-order valence-corrected chi connectivity index (χ1v) is 6.75. The van der Waals surface area contributed by atoms with Crippen molar-refractivity contribution in [2.75, 3.05) is 40.8 Å². The zero-order valence-corrected chi connectivity index (χ0v) is 11.9. The van der Waals surface area contributed by atoms with Gasteiger partial charge >= 0.3 is 0 Å². The zero-order valence-electron chi connectivity index (χ0n) is 11.9. The summed E-state index contributed by atoms with van der Waals surface area (Å²) in [6.07, 6.45) is 1.87. The second-order valence-electron chi connectivity index (χ2n) is 5.80. The van der Waals surface area contributed by atoms with Gasteiger partial charge in [0.1, 0.15) is 0 Å². The van der Waals surface area contributed by atoms with Crippen molar-refractivity contribution < 1.29 is 14.0 Å². The summed E-state index contributed by atoms with van der Waals surface area (Å²) < 4.78 is 14.6. The third kappa shape index (κ3) is 2.59. The highest BCUT2D eigenvalue weighted by molar-refractivity contribution is 5.86. The van der Waals surface area contributed by atoms with E-state index in [1.54, 1.807) is 26.0 Å². The second-order valence-corrected chi connectivity index (χ2v) is 5.80. The van der Waals surface area contributed by atoms with E-state index in [-0.39, 0.29) is 24.9 Å². The number of alkyl halides is 1. The van der Waals surface area contributed by atoms with Gasteiger partial charge in [0.25, 0.3) is 5.91 Å². The fraction of sp³-hybridized carbons (Fsp3) is 0.846. The molecule has 2 amide bonds. The third-order valence-corrected chi connectivity index (χ3v) is 4.11. The number of nitrogens with zero attached hydrogens (tertiary/aromatic N) is 3. The van der Waals surface area contributed by atoms with Crippen LogP contribution in [0.2, 0.25) is 0 Å². The monoisotopic (exact) mass is 271 g/mol. The molecule has 2 unspecified atom stereocenters.